The normalized spacial score (nSPS) is 21.2. The van der Waals surface area contributed by atoms with Crippen molar-refractivity contribution in [3.63, 3.8) is 0 Å². The van der Waals surface area contributed by atoms with Crippen molar-refractivity contribution < 1.29 is 4.74 Å². The monoisotopic (exact) mass is 285 g/mol. The molecule has 0 spiro atoms. The smallest absolute Gasteiger partial charge is 0.133 e. The van der Waals surface area contributed by atoms with Crippen molar-refractivity contribution in [1.29, 1.82) is 0 Å². The van der Waals surface area contributed by atoms with E-state index in [2.05, 4.69) is 32.7 Å². The van der Waals surface area contributed by atoms with Crippen LogP contribution in [0.3, 0.4) is 0 Å². The van der Waals surface area contributed by atoms with Crippen molar-refractivity contribution in [2.24, 2.45) is 5.73 Å². The zero-order valence-corrected chi connectivity index (χ0v) is 10.9. The summed E-state index contributed by atoms with van der Waals surface area (Å²) in [5.41, 5.74) is 6.81. The summed E-state index contributed by atoms with van der Waals surface area (Å²) in [6.07, 6.45) is 2.07. The Kier molecular flexibility index (Phi) is 3.78. The van der Waals surface area contributed by atoms with Crippen molar-refractivity contribution in [2.75, 3.05) is 24.6 Å². The summed E-state index contributed by atoms with van der Waals surface area (Å²) >= 11 is 3.41. The molecule has 2 heterocycles. The molecule has 1 aromatic rings. The molecule has 1 aliphatic rings. The van der Waals surface area contributed by atoms with Gasteiger partial charge in [-0.25, -0.2) is 4.98 Å². The molecule has 0 aromatic carbocycles. The molecular weight excluding hydrogens is 270 g/mol. The van der Waals surface area contributed by atoms with Crippen LogP contribution >= 0.6 is 15.9 Å². The largest absolute Gasteiger partial charge is 0.375 e. The third-order valence-corrected chi connectivity index (χ3v) is 3.10. The quantitative estimate of drug-likeness (QED) is 0.895. The van der Waals surface area contributed by atoms with E-state index < -0.39 is 0 Å². The SMILES string of the molecule is CC1CN(c2ncc(Br)cc2CN)CCO1. The summed E-state index contributed by atoms with van der Waals surface area (Å²) < 4.78 is 6.49. The first-order valence-corrected chi connectivity index (χ1v) is 6.21. The molecule has 4 nitrogen and oxygen atoms in total. The Hall–Kier alpha value is -0.650. The van der Waals surface area contributed by atoms with Gasteiger partial charge < -0.3 is 15.4 Å². The van der Waals surface area contributed by atoms with Gasteiger partial charge in [0.15, 0.2) is 0 Å². The molecule has 1 aliphatic heterocycles. The lowest BCUT2D eigenvalue weighted by atomic mass is 10.2. The number of aromatic nitrogens is 1. The lowest BCUT2D eigenvalue weighted by molar-refractivity contribution is 0.0529. The van der Waals surface area contributed by atoms with E-state index in [4.69, 9.17) is 10.5 Å². The zero-order valence-electron chi connectivity index (χ0n) is 9.32. The van der Waals surface area contributed by atoms with Crippen LogP contribution in [0.5, 0.6) is 0 Å². The van der Waals surface area contributed by atoms with E-state index in [9.17, 15) is 0 Å². The van der Waals surface area contributed by atoms with Gasteiger partial charge in [0.25, 0.3) is 0 Å². The first-order valence-electron chi connectivity index (χ1n) is 5.41. The first kappa shape index (κ1) is 11.8. The van der Waals surface area contributed by atoms with Crippen LogP contribution < -0.4 is 10.6 Å². The molecule has 2 N–H and O–H groups in total. The van der Waals surface area contributed by atoms with Gasteiger partial charge in [0.1, 0.15) is 5.82 Å². The molecule has 88 valence electrons. The summed E-state index contributed by atoms with van der Waals surface area (Å²) in [4.78, 5) is 6.69. The molecule has 2 rings (SSSR count). The van der Waals surface area contributed by atoms with Crippen LogP contribution in [0.15, 0.2) is 16.7 Å². The van der Waals surface area contributed by atoms with Crippen LogP contribution in [-0.2, 0) is 11.3 Å². The maximum atomic E-state index is 5.74. The summed E-state index contributed by atoms with van der Waals surface area (Å²) in [7, 11) is 0. The Bertz CT molecular complexity index is 372. The number of rotatable bonds is 2. The minimum absolute atomic E-state index is 0.254. The van der Waals surface area contributed by atoms with E-state index in [0.717, 1.165) is 35.6 Å². The van der Waals surface area contributed by atoms with Gasteiger partial charge in [-0.15, -0.1) is 0 Å². The molecule has 0 amide bonds. The number of nitrogens with two attached hydrogens (primary N) is 1. The van der Waals surface area contributed by atoms with Crippen LogP contribution in [0.1, 0.15) is 12.5 Å². The predicted octanol–water partition coefficient (Wildman–Crippen LogP) is 1.53. The van der Waals surface area contributed by atoms with E-state index in [0.29, 0.717) is 6.54 Å². The maximum Gasteiger partial charge on any atom is 0.133 e. The van der Waals surface area contributed by atoms with Gasteiger partial charge in [0.05, 0.1) is 12.7 Å². The van der Waals surface area contributed by atoms with Crippen molar-refractivity contribution in [1.82, 2.24) is 4.98 Å². The Labute approximate surface area is 104 Å². The predicted molar refractivity (Wildman–Crippen MR) is 67.5 cm³/mol. The van der Waals surface area contributed by atoms with Crippen LogP contribution in [0.25, 0.3) is 0 Å². The summed E-state index contributed by atoms with van der Waals surface area (Å²) in [6, 6.07) is 2.03. The number of pyridine rings is 1. The number of morpholine rings is 1. The first-order chi connectivity index (χ1) is 7.70. The molecule has 0 radical (unpaired) electrons. The average molecular weight is 286 g/mol. The fourth-order valence-electron chi connectivity index (χ4n) is 1.92. The second-order valence-electron chi connectivity index (χ2n) is 3.97. The number of ether oxygens (including phenoxy) is 1. The summed E-state index contributed by atoms with van der Waals surface area (Å²) in [5.74, 6) is 0.987. The topological polar surface area (TPSA) is 51.4 Å². The average Bonchev–Trinajstić information content (AvgIpc) is 2.28. The molecule has 16 heavy (non-hydrogen) atoms. The van der Waals surface area contributed by atoms with Crippen LogP contribution in [-0.4, -0.2) is 30.8 Å². The van der Waals surface area contributed by atoms with Gasteiger partial charge in [0.2, 0.25) is 0 Å². The van der Waals surface area contributed by atoms with Crippen molar-refractivity contribution >= 4 is 21.7 Å². The molecule has 0 bridgehead atoms. The van der Waals surface area contributed by atoms with E-state index in [1.54, 1.807) is 0 Å². The molecule has 1 saturated heterocycles. The highest BCUT2D eigenvalue weighted by Crippen LogP contribution is 2.22. The van der Waals surface area contributed by atoms with Gasteiger partial charge in [0, 0.05) is 35.9 Å². The van der Waals surface area contributed by atoms with E-state index in [1.807, 2.05) is 12.3 Å². The highest BCUT2D eigenvalue weighted by molar-refractivity contribution is 9.10. The molecule has 5 heteroatoms. The minimum atomic E-state index is 0.254. The molecule has 1 unspecified atom stereocenters. The zero-order chi connectivity index (χ0) is 11.5. The molecule has 1 fully saturated rings. The number of anilines is 1. The van der Waals surface area contributed by atoms with Crippen molar-refractivity contribution in [3.05, 3.63) is 22.3 Å². The van der Waals surface area contributed by atoms with E-state index in [-0.39, 0.29) is 6.10 Å². The number of hydrogen-bond donors (Lipinski definition) is 1. The second-order valence-corrected chi connectivity index (χ2v) is 4.88. The van der Waals surface area contributed by atoms with Gasteiger partial charge in [-0.05, 0) is 28.9 Å². The van der Waals surface area contributed by atoms with Crippen LogP contribution in [0, 0.1) is 0 Å². The van der Waals surface area contributed by atoms with Crippen LogP contribution in [0.2, 0.25) is 0 Å². The fraction of sp³-hybridized carbons (Fsp3) is 0.545. The third-order valence-electron chi connectivity index (χ3n) is 2.67. The molecular formula is C11H16BrN3O. The molecule has 1 aromatic heterocycles. The Balaban J connectivity index is 2.24. The summed E-state index contributed by atoms with van der Waals surface area (Å²) in [5, 5.41) is 0. The molecule has 1 atom stereocenters. The number of halogens is 1. The second kappa shape index (κ2) is 5.12. The maximum absolute atomic E-state index is 5.74. The third kappa shape index (κ3) is 2.53. The Morgan fingerprint density at radius 3 is 3.19 bits per heavy atom. The van der Waals surface area contributed by atoms with Gasteiger partial charge >= 0.3 is 0 Å². The standard InChI is InChI=1S/C11H16BrN3O/c1-8-7-15(2-3-16-8)11-9(5-13)4-10(12)6-14-11/h4,6,8H,2-3,5,7,13H2,1H3. The van der Waals surface area contributed by atoms with Gasteiger partial charge in [-0.2, -0.15) is 0 Å². The van der Waals surface area contributed by atoms with E-state index in [1.165, 1.54) is 0 Å². The fourth-order valence-corrected chi connectivity index (χ4v) is 2.30. The number of hydrogen-bond acceptors (Lipinski definition) is 4. The highest BCUT2D eigenvalue weighted by atomic mass is 79.9. The van der Waals surface area contributed by atoms with Gasteiger partial charge in [-0.1, -0.05) is 0 Å². The Morgan fingerprint density at radius 1 is 1.69 bits per heavy atom. The Morgan fingerprint density at radius 2 is 2.50 bits per heavy atom. The van der Waals surface area contributed by atoms with Crippen molar-refractivity contribution in [2.45, 2.75) is 19.6 Å². The van der Waals surface area contributed by atoms with Gasteiger partial charge in [-0.3, -0.25) is 0 Å². The van der Waals surface area contributed by atoms with Crippen molar-refractivity contribution in [3.8, 4) is 0 Å². The highest BCUT2D eigenvalue weighted by Gasteiger charge is 2.19. The minimum Gasteiger partial charge on any atom is -0.375 e. The molecule has 0 aliphatic carbocycles. The molecule has 0 saturated carbocycles. The lowest BCUT2D eigenvalue weighted by Crippen LogP contribution is -2.42. The van der Waals surface area contributed by atoms with E-state index >= 15 is 0 Å². The summed E-state index contributed by atoms with van der Waals surface area (Å²) in [6.45, 7) is 5.09. The lowest BCUT2D eigenvalue weighted by Gasteiger charge is -2.33. The number of nitrogens with zero attached hydrogens (tertiary/aromatic N) is 2. The van der Waals surface area contributed by atoms with Crippen LogP contribution in [0.4, 0.5) is 5.82 Å².